The van der Waals surface area contributed by atoms with Gasteiger partial charge in [0.05, 0.1) is 30.4 Å². The molecule has 3 heterocycles. The first-order valence-corrected chi connectivity index (χ1v) is 27.7. The molecule has 12 rings (SSSR count). The Labute approximate surface area is 523 Å². The minimum Gasteiger partial charge on any atom is -0.510 e. The SMILES string of the molecule is [2H]c1c([2H])c([2H])c(-c2cc(-c3cc(C(C)(C)C)cc(C(C)(C)C)c3)c(-[n+]3[c-]n(-c4[c-]c(Oc5[c-]c6c(cc5)c5ccccc5n6-c5cc(C([2H])([2H])[2H])c(-c6c([2H])c([2H])c([2H])c([2H])c6[2H])cn5)ccc4)c4ccccc43)c(-c3cc(C(C)(C)C)cc(C(C)(C)C)c3)c2)c([2H])c1[2H].[Pt]. The van der Waals surface area contributed by atoms with Crippen LogP contribution in [0.1, 0.15) is 129 Å². The van der Waals surface area contributed by atoms with E-state index >= 15 is 0 Å². The molecule has 0 spiro atoms. The molecule has 0 saturated heterocycles. The summed E-state index contributed by atoms with van der Waals surface area (Å²) < 4.78 is 126. The standard InChI is InChI=1S/C77H72N4O.Pt/c1-50-37-72(78-48-67(50)52-27-18-15-19-28-52)81-68-32-21-20-31-63(68)64-36-35-62(47-71(64)81)82-61-30-24-29-60(46-61)79-49-80(70-34-23-22-33-69(70)79)73-65(54-38-56(74(2,3)4)44-57(39-54)75(5,6)7)42-53(51-25-16-14-17-26-51)43-66(73)55-40-58(76(8,9)10)45-59(41-55)77(11,12)13;/h14-45,48H,1-13H3;/q-2;/i1D3,14D,15D,16D,17D,18D,19D,25D,26D,27D,28D;. The van der Waals surface area contributed by atoms with E-state index in [1.807, 2.05) is 83.4 Å². The van der Waals surface area contributed by atoms with Crippen molar-refractivity contribution in [3.63, 3.8) is 0 Å². The molecule has 12 aromatic rings. The molecule has 0 unspecified atom stereocenters. The summed E-state index contributed by atoms with van der Waals surface area (Å²) >= 11 is 0. The fourth-order valence-electron chi connectivity index (χ4n) is 10.6. The van der Waals surface area contributed by atoms with Crippen LogP contribution in [0.15, 0.2) is 200 Å². The molecule has 6 heteroatoms. The van der Waals surface area contributed by atoms with Crippen LogP contribution < -0.4 is 9.30 Å². The maximum Gasteiger partial charge on any atom is 0.268 e. The third kappa shape index (κ3) is 11.1. The number of nitrogens with zero attached hydrogens (tertiary/aromatic N) is 4. The van der Waals surface area contributed by atoms with Crippen LogP contribution in [0.2, 0.25) is 0 Å². The van der Waals surface area contributed by atoms with Gasteiger partial charge in [-0.1, -0.05) is 228 Å². The number of benzene rings is 9. The molecule has 0 aliphatic carbocycles. The smallest absolute Gasteiger partial charge is 0.268 e. The minimum atomic E-state index is -2.80. The molecule has 5 nitrogen and oxygen atoms in total. The van der Waals surface area contributed by atoms with Gasteiger partial charge in [-0.05, 0) is 131 Å². The molecular formula is C77H72N4OPt-2. The Hall–Kier alpha value is -8.11. The second-order valence-corrected chi connectivity index (χ2v) is 25.3. The van der Waals surface area contributed by atoms with Gasteiger partial charge in [0.25, 0.3) is 6.33 Å². The molecular weight excluding hydrogens is 1190 g/mol. The van der Waals surface area contributed by atoms with Crippen molar-refractivity contribution in [1.82, 2.24) is 14.1 Å². The van der Waals surface area contributed by atoms with Crippen molar-refractivity contribution in [1.29, 1.82) is 0 Å². The number of aromatic nitrogens is 4. The average Bonchev–Trinajstić information content (AvgIpc) is 1.70. The number of aryl methyl sites for hydroxylation is 1. The first kappa shape index (κ1) is 42.7. The maximum absolute atomic E-state index is 9.44. The van der Waals surface area contributed by atoms with Crippen LogP contribution in [0.5, 0.6) is 11.5 Å². The van der Waals surface area contributed by atoms with Gasteiger partial charge in [0, 0.05) is 54.0 Å². The summed E-state index contributed by atoms with van der Waals surface area (Å²) in [5.74, 6) is 0.814. The van der Waals surface area contributed by atoms with Crippen molar-refractivity contribution >= 4 is 32.8 Å². The van der Waals surface area contributed by atoms with Gasteiger partial charge in [0.1, 0.15) is 5.82 Å². The summed E-state index contributed by atoms with van der Waals surface area (Å²) in [7, 11) is 0. The van der Waals surface area contributed by atoms with Crippen LogP contribution in [0.4, 0.5) is 0 Å². The number of pyridine rings is 1. The van der Waals surface area contributed by atoms with Crippen molar-refractivity contribution in [2.45, 2.75) is 112 Å². The molecule has 9 aromatic carbocycles. The fraction of sp³-hybridized carbons (Fsp3) is 0.221. The zero-order chi connectivity index (χ0) is 68.7. The number of ether oxygens (including phenoxy) is 1. The van der Waals surface area contributed by atoms with Gasteiger partial charge in [-0.2, -0.15) is 18.2 Å². The van der Waals surface area contributed by atoms with E-state index in [1.54, 1.807) is 16.7 Å². The first-order valence-electron chi connectivity index (χ1n) is 34.2. The van der Waals surface area contributed by atoms with Crippen LogP contribution in [-0.2, 0) is 42.7 Å². The molecule has 0 aliphatic rings. The van der Waals surface area contributed by atoms with Crippen LogP contribution in [0.3, 0.4) is 0 Å². The van der Waals surface area contributed by atoms with Gasteiger partial charge in [-0.15, -0.1) is 29.7 Å². The Bertz CT molecular complexity index is 4940. The van der Waals surface area contributed by atoms with E-state index in [0.717, 1.165) is 72.0 Å². The molecule has 0 aliphatic heterocycles. The molecule has 0 fully saturated rings. The van der Waals surface area contributed by atoms with Gasteiger partial charge < -0.3 is 13.9 Å². The van der Waals surface area contributed by atoms with Crippen LogP contribution in [0.25, 0.3) is 94.5 Å². The first-order chi connectivity index (χ1) is 44.4. The number of hydrogen-bond donors (Lipinski definition) is 0. The Morgan fingerprint density at radius 2 is 1.04 bits per heavy atom. The predicted molar refractivity (Wildman–Crippen MR) is 341 cm³/mol. The van der Waals surface area contributed by atoms with Gasteiger partial charge in [0.2, 0.25) is 0 Å². The van der Waals surface area contributed by atoms with Gasteiger partial charge in [0.15, 0.2) is 0 Å². The average molecular weight is 1280 g/mol. The number of rotatable bonds is 9. The van der Waals surface area contributed by atoms with Crippen molar-refractivity contribution in [3.05, 3.63) is 246 Å². The number of fused-ring (bicyclic) bond motifs is 4. The van der Waals surface area contributed by atoms with Crippen LogP contribution in [0, 0.1) is 25.3 Å². The van der Waals surface area contributed by atoms with Gasteiger partial charge in [-0.3, -0.25) is 4.57 Å². The van der Waals surface area contributed by atoms with Crippen molar-refractivity contribution in [2.75, 3.05) is 0 Å². The molecule has 0 saturated carbocycles. The number of para-hydroxylation sites is 3. The zero-order valence-electron chi connectivity index (χ0n) is 61.8. The molecule has 0 bridgehead atoms. The van der Waals surface area contributed by atoms with Crippen molar-refractivity contribution in [2.24, 2.45) is 0 Å². The van der Waals surface area contributed by atoms with Crippen LogP contribution in [-0.4, -0.2) is 14.1 Å². The number of imidazole rings is 1. The third-order valence-electron chi connectivity index (χ3n) is 15.3. The van der Waals surface area contributed by atoms with Crippen LogP contribution >= 0.6 is 0 Å². The van der Waals surface area contributed by atoms with E-state index in [1.165, 1.54) is 12.3 Å². The summed E-state index contributed by atoms with van der Waals surface area (Å²) in [6.45, 7) is 23.5. The topological polar surface area (TPSA) is 35.9 Å². The zero-order valence-corrected chi connectivity index (χ0v) is 51.1. The van der Waals surface area contributed by atoms with Crippen molar-refractivity contribution in [3.8, 4) is 73.2 Å². The largest absolute Gasteiger partial charge is 0.510 e. The predicted octanol–water partition coefficient (Wildman–Crippen LogP) is 19.8. The monoisotopic (exact) mass is 1280 g/mol. The summed E-state index contributed by atoms with van der Waals surface area (Å²) in [4.78, 5) is 4.74. The Kier molecular flexibility index (Phi) is 11.1. The number of hydrogen-bond acceptors (Lipinski definition) is 2. The molecule has 3 aromatic heterocycles. The Balaban J connectivity index is 0.00000936. The van der Waals surface area contributed by atoms with E-state index in [9.17, 15) is 2.74 Å². The van der Waals surface area contributed by atoms with Crippen molar-refractivity contribution < 1.29 is 48.2 Å². The second-order valence-electron chi connectivity index (χ2n) is 25.3. The normalized spacial score (nSPS) is 14.7. The minimum absolute atomic E-state index is 0. The summed E-state index contributed by atoms with van der Waals surface area (Å²) in [5, 5.41) is 1.58. The van der Waals surface area contributed by atoms with Gasteiger partial charge >= 0.3 is 0 Å². The van der Waals surface area contributed by atoms with E-state index < -0.39 is 55.2 Å². The summed E-state index contributed by atoms with van der Waals surface area (Å²) in [5.41, 5.74) is 10.3. The molecule has 83 heavy (non-hydrogen) atoms. The fourth-order valence-corrected chi connectivity index (χ4v) is 10.6. The van der Waals surface area contributed by atoms with E-state index in [-0.39, 0.29) is 82.9 Å². The maximum atomic E-state index is 9.44. The summed E-state index contributed by atoms with van der Waals surface area (Å²) in [6, 6.07) is 45.7. The molecule has 0 amide bonds. The quantitative estimate of drug-likeness (QED) is 0.107. The Morgan fingerprint density at radius 3 is 1.61 bits per heavy atom. The second kappa shape index (κ2) is 21.6. The van der Waals surface area contributed by atoms with E-state index in [2.05, 4.69) is 143 Å². The van der Waals surface area contributed by atoms with E-state index in [4.69, 9.17) is 24.8 Å². The third-order valence-corrected chi connectivity index (χ3v) is 15.3. The molecule has 0 N–H and O–H groups in total. The van der Waals surface area contributed by atoms with Gasteiger partial charge in [-0.25, -0.2) is 4.98 Å². The van der Waals surface area contributed by atoms with E-state index in [0.29, 0.717) is 33.8 Å². The molecule has 0 radical (unpaired) electrons. The Morgan fingerprint density at radius 1 is 0.494 bits per heavy atom. The molecule has 0 atom stereocenters. The summed E-state index contributed by atoms with van der Waals surface area (Å²) in [6.07, 6.45) is 5.06. The molecule has 418 valence electrons.